The van der Waals surface area contributed by atoms with E-state index in [1.54, 1.807) is 43.4 Å². The predicted molar refractivity (Wildman–Crippen MR) is 149 cm³/mol. The summed E-state index contributed by atoms with van der Waals surface area (Å²) in [7, 11) is 1.61. The summed E-state index contributed by atoms with van der Waals surface area (Å²) in [6, 6.07) is 18.6. The van der Waals surface area contributed by atoms with Crippen molar-refractivity contribution in [1.29, 1.82) is 10.5 Å². The summed E-state index contributed by atoms with van der Waals surface area (Å²) < 4.78 is 19.9. The molecule has 1 aliphatic carbocycles. The molecule has 40 heavy (non-hydrogen) atoms. The van der Waals surface area contributed by atoms with E-state index >= 15 is 0 Å². The topological polar surface area (TPSA) is 125 Å². The van der Waals surface area contributed by atoms with E-state index in [1.807, 2.05) is 19.1 Å². The Morgan fingerprint density at radius 1 is 1.15 bits per heavy atom. The maximum absolute atomic E-state index is 13.6. The van der Waals surface area contributed by atoms with Crippen LogP contribution in [0.2, 0.25) is 0 Å². The van der Waals surface area contributed by atoms with E-state index in [9.17, 15) is 24.8 Å². The van der Waals surface area contributed by atoms with Crippen molar-refractivity contribution in [2.24, 2.45) is 0 Å². The molecule has 1 fully saturated rings. The summed E-state index contributed by atoms with van der Waals surface area (Å²) in [5.74, 6) is -0.364. The molecular formula is C31H28FN5O3. The van der Waals surface area contributed by atoms with Gasteiger partial charge in [-0.15, -0.1) is 0 Å². The number of hydrogen-bond donors (Lipinski definition) is 3. The molecule has 1 amide bonds. The van der Waals surface area contributed by atoms with Crippen LogP contribution >= 0.6 is 0 Å². The number of aliphatic hydroxyl groups excluding tert-OH is 1. The molecule has 1 aliphatic rings. The fourth-order valence-corrected chi connectivity index (χ4v) is 5.04. The number of amides is 1. The zero-order valence-electron chi connectivity index (χ0n) is 22.2. The van der Waals surface area contributed by atoms with Gasteiger partial charge in [0.2, 0.25) is 0 Å². The van der Waals surface area contributed by atoms with Gasteiger partial charge in [-0.25, -0.2) is 4.39 Å². The summed E-state index contributed by atoms with van der Waals surface area (Å²) in [5.41, 5.74) is 2.93. The Kier molecular flexibility index (Phi) is 7.27. The van der Waals surface area contributed by atoms with E-state index < -0.39 is 17.6 Å². The number of anilines is 1. The third kappa shape index (κ3) is 4.77. The molecule has 3 aromatic carbocycles. The van der Waals surface area contributed by atoms with Gasteiger partial charge in [-0.05, 0) is 81.3 Å². The van der Waals surface area contributed by atoms with E-state index in [0.29, 0.717) is 69.6 Å². The molecule has 0 saturated heterocycles. The third-order valence-corrected chi connectivity index (χ3v) is 7.44. The van der Waals surface area contributed by atoms with Crippen LogP contribution in [0, 0.1) is 28.6 Å². The van der Waals surface area contributed by atoms with Gasteiger partial charge in [-0.1, -0.05) is 12.1 Å². The van der Waals surface area contributed by atoms with Gasteiger partial charge < -0.3 is 14.8 Å². The standard InChI is InChI=1S/C31H28FN5O3/c1-3-37(18-34)25-16-26-24(27(30(39)35-2)28(40-26)19-8-10-22(32)11-9-19)15-23(25)20-6-4-7-21(14-20)29(38)36-31(17-33)12-5-13-31/h4,6-11,14-16,30,35,39H,3,5,12-13H2,1-2H3,(H,36,38). The molecule has 3 N–H and O–H groups in total. The molecule has 8 nitrogen and oxygen atoms in total. The van der Waals surface area contributed by atoms with Gasteiger partial charge in [0.05, 0.1) is 11.8 Å². The molecule has 1 atom stereocenters. The molecule has 4 aromatic rings. The molecule has 1 saturated carbocycles. The number of nitrogens with zero attached hydrogens (tertiary/aromatic N) is 3. The van der Waals surface area contributed by atoms with Crippen LogP contribution in [0.1, 0.15) is 48.3 Å². The highest BCUT2D eigenvalue weighted by Gasteiger charge is 2.38. The minimum atomic E-state index is -1.10. The minimum Gasteiger partial charge on any atom is -0.456 e. The highest BCUT2D eigenvalue weighted by Crippen LogP contribution is 2.43. The van der Waals surface area contributed by atoms with Gasteiger partial charge in [-0.3, -0.25) is 15.0 Å². The number of nitriles is 2. The SMILES string of the molecule is CCN(C#N)c1cc2oc(-c3ccc(F)cc3)c(C(O)NC)c2cc1-c1cccc(C(=O)NC2(C#N)CCC2)c1. The lowest BCUT2D eigenvalue weighted by Crippen LogP contribution is -2.52. The summed E-state index contributed by atoms with van der Waals surface area (Å²) in [6.07, 6.45) is 3.24. The summed E-state index contributed by atoms with van der Waals surface area (Å²) in [5, 5.41) is 36.7. The fraction of sp³-hybridized carbons (Fsp3) is 0.258. The van der Waals surface area contributed by atoms with E-state index in [-0.39, 0.29) is 5.91 Å². The van der Waals surface area contributed by atoms with Gasteiger partial charge in [0, 0.05) is 40.3 Å². The van der Waals surface area contributed by atoms with Crippen molar-refractivity contribution in [3.63, 3.8) is 0 Å². The molecule has 1 heterocycles. The number of hydrogen-bond acceptors (Lipinski definition) is 7. The van der Waals surface area contributed by atoms with Crippen LogP contribution in [0.25, 0.3) is 33.4 Å². The first-order valence-corrected chi connectivity index (χ1v) is 13.1. The molecule has 0 spiro atoms. The van der Waals surface area contributed by atoms with E-state index in [0.717, 1.165) is 6.42 Å². The molecule has 0 aliphatic heterocycles. The van der Waals surface area contributed by atoms with Crippen molar-refractivity contribution in [2.45, 2.75) is 38.0 Å². The van der Waals surface area contributed by atoms with Crippen LogP contribution in [-0.4, -0.2) is 30.1 Å². The van der Waals surface area contributed by atoms with Crippen molar-refractivity contribution in [2.75, 3.05) is 18.5 Å². The van der Waals surface area contributed by atoms with Gasteiger partial charge in [0.25, 0.3) is 5.91 Å². The van der Waals surface area contributed by atoms with E-state index in [2.05, 4.69) is 22.9 Å². The van der Waals surface area contributed by atoms with Gasteiger partial charge >= 0.3 is 0 Å². The van der Waals surface area contributed by atoms with Crippen LogP contribution < -0.4 is 15.5 Å². The van der Waals surface area contributed by atoms with Crippen LogP contribution in [0.3, 0.4) is 0 Å². The molecule has 1 unspecified atom stereocenters. The van der Waals surface area contributed by atoms with Crippen molar-refractivity contribution in [3.05, 3.63) is 77.6 Å². The smallest absolute Gasteiger partial charge is 0.252 e. The Morgan fingerprint density at radius 3 is 2.50 bits per heavy atom. The van der Waals surface area contributed by atoms with Crippen molar-refractivity contribution in [1.82, 2.24) is 10.6 Å². The quantitative estimate of drug-likeness (QED) is 0.152. The number of carbonyl (C=O) groups excluding carboxylic acids is 1. The number of furan rings is 1. The zero-order chi connectivity index (χ0) is 28.4. The fourth-order valence-electron chi connectivity index (χ4n) is 5.04. The number of halogens is 1. The minimum absolute atomic E-state index is 0.341. The molecule has 5 rings (SSSR count). The number of benzene rings is 3. The van der Waals surface area contributed by atoms with Gasteiger partial charge in [0.1, 0.15) is 28.9 Å². The zero-order valence-corrected chi connectivity index (χ0v) is 22.2. The van der Waals surface area contributed by atoms with Gasteiger partial charge in [0.15, 0.2) is 6.19 Å². The highest BCUT2D eigenvalue weighted by atomic mass is 19.1. The molecule has 0 radical (unpaired) electrons. The normalized spacial score (nSPS) is 14.6. The van der Waals surface area contributed by atoms with Crippen LogP contribution in [0.5, 0.6) is 0 Å². The Balaban J connectivity index is 1.69. The average Bonchev–Trinajstić information content (AvgIpc) is 3.33. The third-order valence-electron chi connectivity index (χ3n) is 7.44. The second-order valence-corrected chi connectivity index (χ2v) is 9.84. The second-order valence-electron chi connectivity index (χ2n) is 9.84. The van der Waals surface area contributed by atoms with Crippen LogP contribution in [0.4, 0.5) is 10.1 Å². The number of fused-ring (bicyclic) bond motifs is 1. The molecule has 9 heteroatoms. The summed E-state index contributed by atoms with van der Waals surface area (Å²) in [4.78, 5) is 14.6. The lowest BCUT2D eigenvalue weighted by atomic mass is 9.78. The van der Waals surface area contributed by atoms with Crippen molar-refractivity contribution in [3.8, 4) is 34.7 Å². The van der Waals surface area contributed by atoms with Gasteiger partial charge in [-0.2, -0.15) is 10.5 Å². The van der Waals surface area contributed by atoms with E-state index in [1.165, 1.54) is 17.0 Å². The highest BCUT2D eigenvalue weighted by molar-refractivity contribution is 6.00. The first-order valence-electron chi connectivity index (χ1n) is 13.1. The van der Waals surface area contributed by atoms with Crippen LogP contribution in [0.15, 0.2) is 65.1 Å². The largest absolute Gasteiger partial charge is 0.456 e. The number of nitrogens with one attached hydrogen (secondary N) is 2. The maximum atomic E-state index is 13.6. The monoisotopic (exact) mass is 537 g/mol. The number of aliphatic hydroxyl groups is 1. The summed E-state index contributed by atoms with van der Waals surface area (Å²) in [6.45, 7) is 2.24. The van der Waals surface area contributed by atoms with Crippen molar-refractivity contribution < 1.29 is 18.7 Å². The average molecular weight is 538 g/mol. The first kappa shape index (κ1) is 26.9. The second kappa shape index (κ2) is 10.8. The Bertz CT molecular complexity index is 1660. The first-order chi connectivity index (χ1) is 19.3. The van der Waals surface area contributed by atoms with E-state index in [4.69, 9.17) is 4.42 Å². The van der Waals surface area contributed by atoms with Crippen LogP contribution in [-0.2, 0) is 0 Å². The molecule has 202 valence electrons. The Labute approximate surface area is 231 Å². The lowest BCUT2D eigenvalue weighted by Gasteiger charge is -2.35. The Morgan fingerprint density at radius 2 is 1.90 bits per heavy atom. The maximum Gasteiger partial charge on any atom is 0.252 e. The lowest BCUT2D eigenvalue weighted by molar-refractivity contribution is 0.0881. The molecule has 1 aromatic heterocycles. The number of rotatable bonds is 8. The Hall–Kier alpha value is -4.70. The number of carbonyl (C=O) groups is 1. The van der Waals surface area contributed by atoms with Crippen molar-refractivity contribution >= 4 is 22.6 Å². The predicted octanol–water partition coefficient (Wildman–Crippen LogP) is 5.60. The summed E-state index contributed by atoms with van der Waals surface area (Å²) >= 11 is 0. The molecular weight excluding hydrogens is 509 g/mol. The molecule has 0 bridgehead atoms.